The van der Waals surface area contributed by atoms with Crippen LogP contribution in [0.5, 0.6) is 0 Å². The number of alkyl halides is 3. The molecule has 0 saturated carbocycles. The van der Waals surface area contributed by atoms with Gasteiger partial charge in [-0.3, -0.25) is 14.7 Å². The van der Waals surface area contributed by atoms with E-state index in [1.165, 1.54) is 12.1 Å². The summed E-state index contributed by atoms with van der Waals surface area (Å²) in [4.78, 5) is 25.4. The van der Waals surface area contributed by atoms with Gasteiger partial charge in [0, 0.05) is 48.7 Å². The highest BCUT2D eigenvalue weighted by Crippen LogP contribution is 2.33. The minimum atomic E-state index is -4.75. The molecule has 3 heterocycles. The van der Waals surface area contributed by atoms with Gasteiger partial charge in [0.15, 0.2) is 0 Å². The molecule has 1 aliphatic heterocycles. The maximum absolute atomic E-state index is 14.3. The molecule has 5 nitrogen and oxygen atoms in total. The first-order chi connectivity index (χ1) is 13.8. The van der Waals surface area contributed by atoms with Crippen molar-refractivity contribution in [2.24, 2.45) is 0 Å². The maximum atomic E-state index is 14.3. The molecule has 1 aromatic carbocycles. The molecule has 0 amide bonds. The number of benzene rings is 1. The average molecular weight is 404 g/mol. The lowest BCUT2D eigenvalue weighted by Gasteiger charge is -2.28. The Morgan fingerprint density at radius 1 is 1.17 bits per heavy atom. The fraction of sp³-hybridized carbons (Fsp3) is 0.250. The van der Waals surface area contributed by atoms with Crippen molar-refractivity contribution in [2.75, 3.05) is 6.54 Å². The molecule has 4 rings (SSSR count). The molecule has 0 radical (unpaired) electrons. The van der Waals surface area contributed by atoms with Crippen molar-refractivity contribution in [3.05, 3.63) is 81.3 Å². The molecular formula is C20H16F4N4O. The second kappa shape index (κ2) is 7.40. The van der Waals surface area contributed by atoms with Crippen LogP contribution in [-0.2, 0) is 25.7 Å². The molecule has 1 N–H and O–H groups in total. The molecule has 9 heteroatoms. The highest BCUT2D eigenvalue weighted by atomic mass is 19.4. The number of halogens is 4. The lowest BCUT2D eigenvalue weighted by molar-refractivity contribution is -0.140. The number of nitrogens with zero attached hydrogens (tertiary/aromatic N) is 3. The third kappa shape index (κ3) is 3.91. The van der Waals surface area contributed by atoms with Crippen molar-refractivity contribution in [3.8, 4) is 11.4 Å². The molecule has 0 spiro atoms. The summed E-state index contributed by atoms with van der Waals surface area (Å²) >= 11 is 0. The summed E-state index contributed by atoms with van der Waals surface area (Å²) in [5.74, 6) is -0.894. The van der Waals surface area contributed by atoms with Gasteiger partial charge in [0.25, 0.3) is 5.56 Å². The van der Waals surface area contributed by atoms with Gasteiger partial charge < -0.3 is 4.98 Å². The van der Waals surface area contributed by atoms with Crippen molar-refractivity contribution >= 4 is 0 Å². The van der Waals surface area contributed by atoms with E-state index in [1.54, 1.807) is 29.4 Å². The quantitative estimate of drug-likeness (QED) is 0.679. The van der Waals surface area contributed by atoms with Gasteiger partial charge in [0.05, 0.1) is 11.3 Å². The number of fused-ring (bicyclic) bond motifs is 1. The zero-order valence-corrected chi connectivity index (χ0v) is 15.1. The monoisotopic (exact) mass is 404 g/mol. The van der Waals surface area contributed by atoms with Crippen molar-refractivity contribution in [2.45, 2.75) is 25.7 Å². The van der Waals surface area contributed by atoms with E-state index in [1.807, 2.05) is 0 Å². The van der Waals surface area contributed by atoms with Crippen LogP contribution >= 0.6 is 0 Å². The smallest absolute Gasteiger partial charge is 0.306 e. The van der Waals surface area contributed by atoms with Crippen molar-refractivity contribution in [3.63, 3.8) is 0 Å². The summed E-state index contributed by atoms with van der Waals surface area (Å²) in [6.07, 6.45) is -1.19. The normalized spacial score (nSPS) is 14.6. The van der Waals surface area contributed by atoms with Crippen molar-refractivity contribution < 1.29 is 17.6 Å². The number of H-pyrrole nitrogens is 1. The first-order valence-electron chi connectivity index (χ1n) is 8.92. The van der Waals surface area contributed by atoms with Crippen molar-refractivity contribution in [1.29, 1.82) is 0 Å². The van der Waals surface area contributed by atoms with Gasteiger partial charge in [-0.25, -0.2) is 9.37 Å². The van der Waals surface area contributed by atoms with E-state index < -0.39 is 17.6 Å². The summed E-state index contributed by atoms with van der Waals surface area (Å²) in [6, 6.07) is 6.74. The number of hydrogen-bond donors (Lipinski definition) is 1. The van der Waals surface area contributed by atoms with Crippen LogP contribution in [0.3, 0.4) is 0 Å². The van der Waals surface area contributed by atoms with E-state index >= 15 is 0 Å². The Labute approximate surface area is 163 Å². The summed E-state index contributed by atoms with van der Waals surface area (Å²) in [5, 5.41) is 0. The molecule has 29 heavy (non-hydrogen) atoms. The zero-order chi connectivity index (χ0) is 20.6. The predicted molar refractivity (Wildman–Crippen MR) is 97.3 cm³/mol. The molecule has 150 valence electrons. The van der Waals surface area contributed by atoms with Gasteiger partial charge in [-0.05, 0) is 24.6 Å². The molecule has 1 aliphatic rings. The van der Waals surface area contributed by atoms with Crippen LogP contribution in [0.25, 0.3) is 11.4 Å². The Bertz CT molecular complexity index is 1100. The molecule has 0 bridgehead atoms. The number of pyridine rings is 1. The van der Waals surface area contributed by atoms with E-state index in [0.29, 0.717) is 35.6 Å². The molecule has 0 fully saturated rings. The third-order valence-corrected chi connectivity index (χ3v) is 4.87. The summed E-state index contributed by atoms with van der Waals surface area (Å²) in [7, 11) is 0. The first-order valence-corrected chi connectivity index (χ1v) is 8.92. The fourth-order valence-corrected chi connectivity index (χ4v) is 3.43. The van der Waals surface area contributed by atoms with E-state index in [9.17, 15) is 22.4 Å². The minimum absolute atomic E-state index is 0.00804. The number of aromatic nitrogens is 3. The lowest BCUT2D eigenvalue weighted by atomic mass is 10.0. The number of aromatic amines is 1. The largest absolute Gasteiger partial charge is 0.419 e. The van der Waals surface area contributed by atoms with E-state index in [0.717, 1.165) is 6.07 Å². The SMILES string of the molecule is O=c1[nH]c(-c2cccnc2)nc2c1CCN(Cc1cccc(C(F)(F)F)c1F)C2. The van der Waals surface area contributed by atoms with Gasteiger partial charge >= 0.3 is 6.18 Å². The third-order valence-electron chi connectivity index (χ3n) is 4.87. The molecular weight excluding hydrogens is 388 g/mol. The van der Waals surface area contributed by atoms with Crippen LogP contribution in [0, 0.1) is 5.82 Å². The Hall–Kier alpha value is -3.07. The highest BCUT2D eigenvalue weighted by Gasteiger charge is 2.35. The molecule has 0 unspecified atom stereocenters. The van der Waals surface area contributed by atoms with Crippen LogP contribution in [0.4, 0.5) is 17.6 Å². The summed E-state index contributed by atoms with van der Waals surface area (Å²) < 4.78 is 53.2. The van der Waals surface area contributed by atoms with Crippen LogP contribution in [0.15, 0.2) is 47.5 Å². The standard InChI is InChI=1S/C20H16F4N4O/c21-17-13(3-1-5-15(17)20(22,23)24)10-28-8-6-14-16(11-28)26-18(27-19(14)29)12-4-2-7-25-9-12/h1-5,7,9H,6,8,10-11H2,(H,26,27,29). The van der Waals surface area contributed by atoms with Gasteiger partial charge in [-0.2, -0.15) is 13.2 Å². The topological polar surface area (TPSA) is 61.9 Å². The molecule has 3 aromatic rings. The number of rotatable bonds is 3. The van der Waals surface area contributed by atoms with E-state index in [2.05, 4.69) is 15.0 Å². The first kappa shape index (κ1) is 19.3. The maximum Gasteiger partial charge on any atom is 0.419 e. The van der Waals surface area contributed by atoms with Crippen LogP contribution < -0.4 is 5.56 Å². The molecule has 2 aromatic heterocycles. The average Bonchev–Trinajstić information content (AvgIpc) is 2.69. The summed E-state index contributed by atoms with van der Waals surface area (Å²) in [6.45, 7) is 0.647. The lowest BCUT2D eigenvalue weighted by Crippen LogP contribution is -2.35. The second-order valence-electron chi connectivity index (χ2n) is 6.82. The number of hydrogen-bond acceptors (Lipinski definition) is 4. The van der Waals surface area contributed by atoms with E-state index in [4.69, 9.17) is 0 Å². The Morgan fingerprint density at radius 2 is 2.00 bits per heavy atom. The van der Waals surface area contributed by atoms with Crippen LogP contribution in [0.2, 0.25) is 0 Å². The number of nitrogens with one attached hydrogen (secondary N) is 1. The van der Waals surface area contributed by atoms with Gasteiger partial charge in [0.2, 0.25) is 0 Å². The minimum Gasteiger partial charge on any atom is -0.306 e. The zero-order valence-electron chi connectivity index (χ0n) is 15.1. The van der Waals surface area contributed by atoms with Gasteiger partial charge in [-0.1, -0.05) is 12.1 Å². The fourth-order valence-electron chi connectivity index (χ4n) is 3.43. The predicted octanol–water partition coefficient (Wildman–Crippen LogP) is 3.55. The summed E-state index contributed by atoms with van der Waals surface area (Å²) in [5.41, 5.74) is 0.151. The van der Waals surface area contributed by atoms with Crippen LogP contribution in [0.1, 0.15) is 22.4 Å². The molecule has 0 atom stereocenters. The molecule has 0 saturated heterocycles. The Kier molecular flexibility index (Phi) is 4.91. The van der Waals surface area contributed by atoms with Crippen molar-refractivity contribution in [1.82, 2.24) is 19.9 Å². The Morgan fingerprint density at radius 3 is 2.72 bits per heavy atom. The molecule has 0 aliphatic carbocycles. The van der Waals surface area contributed by atoms with Crippen LogP contribution in [-0.4, -0.2) is 26.4 Å². The van der Waals surface area contributed by atoms with Gasteiger partial charge in [-0.15, -0.1) is 0 Å². The highest BCUT2D eigenvalue weighted by molar-refractivity contribution is 5.53. The van der Waals surface area contributed by atoms with E-state index in [-0.39, 0.29) is 24.2 Å². The Balaban J connectivity index is 1.61. The second-order valence-corrected chi connectivity index (χ2v) is 6.82. The van der Waals surface area contributed by atoms with Gasteiger partial charge in [0.1, 0.15) is 11.6 Å².